The van der Waals surface area contributed by atoms with Crippen LogP contribution in [0.3, 0.4) is 0 Å². The molecule has 0 aliphatic heterocycles. The maximum absolute atomic E-state index is 6.95. The van der Waals surface area contributed by atoms with Crippen molar-refractivity contribution < 1.29 is 18.9 Å². The van der Waals surface area contributed by atoms with E-state index in [0.717, 1.165) is 25.4 Å². The summed E-state index contributed by atoms with van der Waals surface area (Å²) in [5.41, 5.74) is 3.07. The molecule has 0 aromatic heterocycles. The molecule has 0 spiro atoms. The molecule has 5 rings (SSSR count). The van der Waals surface area contributed by atoms with E-state index in [1.54, 1.807) is 0 Å². The number of benzene rings is 1. The minimum atomic E-state index is -0.174. The largest absolute Gasteiger partial charge is 0.356 e. The highest BCUT2D eigenvalue weighted by atomic mass is 16.7. The fourth-order valence-corrected chi connectivity index (χ4v) is 8.72. The van der Waals surface area contributed by atoms with Crippen molar-refractivity contribution in [1.29, 1.82) is 0 Å². The van der Waals surface area contributed by atoms with Crippen molar-refractivity contribution in [2.75, 3.05) is 26.8 Å². The third-order valence-electron chi connectivity index (χ3n) is 10.6. The first-order chi connectivity index (χ1) is 17.0. The molecule has 0 N–H and O–H groups in total. The monoisotopic (exact) mass is 482 g/mol. The second kappa shape index (κ2) is 10.3. The summed E-state index contributed by atoms with van der Waals surface area (Å²) in [6.07, 6.45) is 12.5. The highest BCUT2D eigenvalue weighted by molar-refractivity contribution is 5.74. The van der Waals surface area contributed by atoms with Crippen LogP contribution in [0.1, 0.15) is 84.6 Å². The minimum absolute atomic E-state index is 0.0215. The van der Waals surface area contributed by atoms with Gasteiger partial charge in [-0.1, -0.05) is 50.3 Å². The van der Waals surface area contributed by atoms with Gasteiger partial charge >= 0.3 is 0 Å². The van der Waals surface area contributed by atoms with E-state index in [0.29, 0.717) is 43.5 Å². The van der Waals surface area contributed by atoms with Crippen LogP contribution in [0.2, 0.25) is 0 Å². The molecule has 1 aromatic carbocycles. The van der Waals surface area contributed by atoms with Crippen LogP contribution in [-0.2, 0) is 18.9 Å². The Kier molecular flexibility index (Phi) is 7.48. The molecule has 4 heteroatoms. The maximum Gasteiger partial charge on any atom is 0.147 e. The van der Waals surface area contributed by atoms with E-state index in [-0.39, 0.29) is 11.0 Å². The molecule has 0 heterocycles. The predicted molar refractivity (Wildman–Crippen MR) is 140 cm³/mol. The lowest BCUT2D eigenvalue weighted by Crippen LogP contribution is -2.63. The molecule has 4 aliphatic carbocycles. The van der Waals surface area contributed by atoms with Gasteiger partial charge in [0, 0.05) is 18.6 Å². The van der Waals surface area contributed by atoms with Gasteiger partial charge in [-0.25, -0.2) is 0 Å². The van der Waals surface area contributed by atoms with Crippen LogP contribution in [-0.4, -0.2) is 38.5 Å². The Hall–Kier alpha value is -1.20. The Bertz CT molecular complexity index is 883. The lowest BCUT2D eigenvalue weighted by atomic mass is 9.43. The van der Waals surface area contributed by atoms with Gasteiger partial charge in [-0.3, -0.25) is 0 Å². The first kappa shape index (κ1) is 25.4. The molecule has 194 valence electrons. The van der Waals surface area contributed by atoms with Gasteiger partial charge < -0.3 is 18.9 Å². The van der Waals surface area contributed by atoms with E-state index in [1.165, 1.54) is 49.7 Å². The van der Waals surface area contributed by atoms with E-state index in [4.69, 9.17) is 18.9 Å². The normalized spacial score (nSPS) is 40.5. The topological polar surface area (TPSA) is 36.9 Å². The lowest BCUT2D eigenvalue weighted by Gasteiger charge is -2.64. The van der Waals surface area contributed by atoms with Crippen molar-refractivity contribution >= 4 is 5.57 Å². The van der Waals surface area contributed by atoms with E-state index in [1.807, 2.05) is 6.92 Å². The molecule has 35 heavy (non-hydrogen) atoms. The number of rotatable bonds is 9. The summed E-state index contributed by atoms with van der Waals surface area (Å²) in [5, 5.41) is 0. The Morgan fingerprint density at radius 3 is 2.40 bits per heavy atom. The second-order valence-electron chi connectivity index (χ2n) is 11.9. The van der Waals surface area contributed by atoms with Gasteiger partial charge in [-0.05, 0) is 99.5 Å². The number of hydrogen-bond acceptors (Lipinski definition) is 4. The standard InChI is InChI=1S/C31H46O4/c1-5-32-21-34-25-14-17-29(3)24(20-25)12-13-28-27(29)15-18-30(4)26(23-10-8-7-9-11-23)16-19-31(28,30)35-22-33-6-2/h7-11,16,24-25,27-28H,5-6,12-15,17-22H2,1-4H3/t24-,25+,27+,28-,29+,30-,31+/m1/s1. The Balaban J connectivity index is 1.41. The van der Waals surface area contributed by atoms with Gasteiger partial charge in [0.15, 0.2) is 0 Å². The molecule has 3 fully saturated rings. The number of ether oxygens (including phenoxy) is 4. The highest BCUT2D eigenvalue weighted by Gasteiger charge is 2.66. The smallest absolute Gasteiger partial charge is 0.147 e. The quantitative estimate of drug-likeness (QED) is 0.275. The molecule has 0 unspecified atom stereocenters. The van der Waals surface area contributed by atoms with Crippen LogP contribution < -0.4 is 0 Å². The summed E-state index contributed by atoms with van der Waals surface area (Å²) in [5.74, 6) is 2.01. The number of fused-ring (bicyclic) bond motifs is 5. The molecule has 3 saturated carbocycles. The molecule has 0 amide bonds. The van der Waals surface area contributed by atoms with Gasteiger partial charge in [0.25, 0.3) is 0 Å². The molecular formula is C31H46O4. The van der Waals surface area contributed by atoms with E-state index in [2.05, 4.69) is 57.2 Å². The average Bonchev–Trinajstić information content (AvgIpc) is 3.18. The van der Waals surface area contributed by atoms with Crippen molar-refractivity contribution in [3.8, 4) is 0 Å². The van der Waals surface area contributed by atoms with Crippen LogP contribution in [0.15, 0.2) is 36.4 Å². The Morgan fingerprint density at radius 1 is 0.857 bits per heavy atom. The van der Waals surface area contributed by atoms with Gasteiger partial charge in [0.05, 0.1) is 11.7 Å². The first-order valence-corrected chi connectivity index (χ1v) is 14.2. The van der Waals surface area contributed by atoms with Crippen LogP contribution in [0.25, 0.3) is 5.57 Å². The van der Waals surface area contributed by atoms with Crippen LogP contribution in [0.5, 0.6) is 0 Å². The maximum atomic E-state index is 6.95. The highest BCUT2D eigenvalue weighted by Crippen LogP contribution is 2.70. The van der Waals surface area contributed by atoms with Gasteiger partial charge in [-0.15, -0.1) is 0 Å². The van der Waals surface area contributed by atoms with Gasteiger partial charge in [0.2, 0.25) is 0 Å². The van der Waals surface area contributed by atoms with Crippen molar-refractivity contribution in [1.82, 2.24) is 0 Å². The predicted octanol–water partition coefficient (Wildman–Crippen LogP) is 7.24. The third kappa shape index (κ3) is 4.23. The second-order valence-corrected chi connectivity index (χ2v) is 11.9. The molecule has 4 aliphatic rings. The van der Waals surface area contributed by atoms with Crippen molar-refractivity contribution in [3.05, 3.63) is 42.0 Å². The van der Waals surface area contributed by atoms with Crippen LogP contribution in [0.4, 0.5) is 0 Å². The fraction of sp³-hybridized carbons (Fsp3) is 0.742. The minimum Gasteiger partial charge on any atom is -0.356 e. The average molecular weight is 483 g/mol. The SMILES string of the molecule is CCOCO[C@H]1CC[C@@]2(C)[C@H](CC[C@@H]3[C@@H]2CC[C@]2(C)C(c4ccccc4)=CC[C@]32OCOCC)C1. The number of hydrogen-bond donors (Lipinski definition) is 0. The van der Waals surface area contributed by atoms with E-state index >= 15 is 0 Å². The summed E-state index contributed by atoms with van der Waals surface area (Å²) in [4.78, 5) is 0. The molecule has 0 bridgehead atoms. The van der Waals surface area contributed by atoms with Crippen molar-refractivity contribution in [2.24, 2.45) is 28.6 Å². The van der Waals surface area contributed by atoms with Crippen molar-refractivity contribution in [2.45, 2.75) is 90.8 Å². The van der Waals surface area contributed by atoms with Crippen LogP contribution >= 0.6 is 0 Å². The summed E-state index contributed by atoms with van der Waals surface area (Å²) < 4.78 is 24.4. The zero-order valence-electron chi connectivity index (χ0n) is 22.4. The molecule has 0 radical (unpaired) electrons. The molecular weight excluding hydrogens is 436 g/mol. The molecule has 0 saturated heterocycles. The summed E-state index contributed by atoms with van der Waals surface area (Å²) in [7, 11) is 0. The van der Waals surface area contributed by atoms with Gasteiger partial charge in [-0.2, -0.15) is 0 Å². The third-order valence-corrected chi connectivity index (χ3v) is 10.6. The van der Waals surface area contributed by atoms with Crippen molar-refractivity contribution in [3.63, 3.8) is 0 Å². The summed E-state index contributed by atoms with van der Waals surface area (Å²) in [6.45, 7) is 11.5. The van der Waals surface area contributed by atoms with Crippen LogP contribution in [0, 0.1) is 28.6 Å². The Morgan fingerprint density at radius 2 is 1.63 bits per heavy atom. The molecule has 7 atom stereocenters. The fourth-order valence-electron chi connectivity index (χ4n) is 8.72. The summed E-state index contributed by atoms with van der Waals surface area (Å²) >= 11 is 0. The van der Waals surface area contributed by atoms with Gasteiger partial charge in [0.1, 0.15) is 13.6 Å². The summed E-state index contributed by atoms with van der Waals surface area (Å²) in [6, 6.07) is 11.0. The Labute approximate surface area is 212 Å². The zero-order valence-corrected chi connectivity index (χ0v) is 22.4. The lowest BCUT2D eigenvalue weighted by molar-refractivity contribution is -0.250. The van der Waals surface area contributed by atoms with E-state index < -0.39 is 0 Å². The molecule has 1 aromatic rings. The zero-order chi connectivity index (χ0) is 24.5. The molecule has 4 nitrogen and oxygen atoms in total. The van der Waals surface area contributed by atoms with E-state index in [9.17, 15) is 0 Å². The first-order valence-electron chi connectivity index (χ1n) is 14.2.